The lowest BCUT2D eigenvalue weighted by atomic mass is 9.96. The molecule has 1 aliphatic carbocycles. The second kappa shape index (κ2) is 7.84. The van der Waals surface area contributed by atoms with Crippen molar-refractivity contribution in [3.05, 3.63) is 0 Å². The van der Waals surface area contributed by atoms with E-state index in [1.54, 1.807) is 0 Å². The number of carbonyl (C=O) groups is 1. The van der Waals surface area contributed by atoms with E-state index in [9.17, 15) is 18.0 Å². The molecule has 1 saturated carbocycles. The van der Waals surface area contributed by atoms with Crippen LogP contribution in [0.15, 0.2) is 0 Å². The zero-order valence-corrected chi connectivity index (χ0v) is 14.3. The van der Waals surface area contributed by atoms with Crippen molar-refractivity contribution in [2.75, 3.05) is 0 Å². The molecule has 6 heteroatoms. The van der Waals surface area contributed by atoms with Gasteiger partial charge in [0.25, 0.3) is 0 Å². The minimum atomic E-state index is -4.86. The van der Waals surface area contributed by atoms with Gasteiger partial charge in [0.2, 0.25) is 0 Å². The summed E-state index contributed by atoms with van der Waals surface area (Å²) in [5.74, 6) is -1.12. The molecular formula is C16H26F3O2Si. The second-order valence-electron chi connectivity index (χ2n) is 6.77. The summed E-state index contributed by atoms with van der Waals surface area (Å²) >= 11 is 0. The summed E-state index contributed by atoms with van der Waals surface area (Å²) in [6.45, 7) is 2.24. The lowest BCUT2D eigenvalue weighted by Crippen LogP contribution is -2.34. The molecule has 1 aliphatic heterocycles. The first-order valence-corrected chi connectivity index (χ1v) is 10.5. The van der Waals surface area contributed by atoms with Gasteiger partial charge in [-0.15, -0.1) is 0 Å². The SMILES string of the molecule is CCCC1CC[Si](C2CCC(OC(=O)C(F)(F)F)CC2)CC1. The number of rotatable bonds is 4. The van der Waals surface area contributed by atoms with Crippen molar-refractivity contribution >= 4 is 14.8 Å². The Labute approximate surface area is 132 Å². The van der Waals surface area contributed by atoms with Gasteiger partial charge in [-0.05, 0) is 37.1 Å². The summed E-state index contributed by atoms with van der Waals surface area (Å²) in [4.78, 5) is 10.9. The minimum absolute atomic E-state index is 0.341. The van der Waals surface area contributed by atoms with E-state index in [1.165, 1.54) is 37.8 Å². The Morgan fingerprint density at radius 1 is 1.09 bits per heavy atom. The van der Waals surface area contributed by atoms with Crippen LogP contribution in [0.5, 0.6) is 0 Å². The molecular weight excluding hydrogens is 309 g/mol. The van der Waals surface area contributed by atoms with E-state index < -0.39 is 18.2 Å². The van der Waals surface area contributed by atoms with Crippen molar-refractivity contribution in [2.45, 2.75) is 88.2 Å². The lowest BCUT2D eigenvalue weighted by Gasteiger charge is -2.36. The average Bonchev–Trinajstić information content (AvgIpc) is 2.48. The fraction of sp³-hybridized carbons (Fsp3) is 0.938. The number of hydrogen-bond acceptors (Lipinski definition) is 2. The molecule has 1 radical (unpaired) electrons. The van der Waals surface area contributed by atoms with Crippen LogP contribution in [0.25, 0.3) is 0 Å². The van der Waals surface area contributed by atoms with Crippen LogP contribution in [0, 0.1) is 5.92 Å². The Morgan fingerprint density at radius 3 is 2.18 bits per heavy atom. The fourth-order valence-corrected chi connectivity index (χ4v) is 7.74. The van der Waals surface area contributed by atoms with E-state index in [0.717, 1.165) is 18.8 Å². The van der Waals surface area contributed by atoms with Crippen LogP contribution >= 0.6 is 0 Å². The number of halogens is 3. The van der Waals surface area contributed by atoms with E-state index in [2.05, 4.69) is 11.7 Å². The summed E-state index contributed by atoms with van der Waals surface area (Å²) in [5.41, 5.74) is 0.716. The van der Waals surface area contributed by atoms with Crippen molar-refractivity contribution in [3.63, 3.8) is 0 Å². The third-order valence-electron chi connectivity index (χ3n) is 5.20. The molecule has 2 fully saturated rings. The summed E-state index contributed by atoms with van der Waals surface area (Å²) in [7, 11) is -0.341. The van der Waals surface area contributed by atoms with Gasteiger partial charge >= 0.3 is 12.1 Å². The number of ether oxygens (including phenoxy) is 1. The standard InChI is InChI=1S/C16H26F3O2Si/c1-2-3-12-8-10-22(11-9-12)14-6-4-13(5-7-14)21-15(20)16(17,18)19/h12-14H,2-11H2,1H3. The number of hydrogen-bond donors (Lipinski definition) is 0. The maximum atomic E-state index is 12.2. The molecule has 1 heterocycles. The third kappa shape index (κ3) is 5.00. The predicted octanol–water partition coefficient (Wildman–Crippen LogP) is 5.11. The summed E-state index contributed by atoms with van der Waals surface area (Å²) in [6.07, 6.45) is 3.04. The van der Waals surface area contributed by atoms with Crippen LogP contribution in [0.1, 0.15) is 58.3 Å². The quantitative estimate of drug-likeness (QED) is 0.527. The number of alkyl halides is 3. The lowest BCUT2D eigenvalue weighted by molar-refractivity contribution is -0.206. The predicted molar refractivity (Wildman–Crippen MR) is 81.2 cm³/mol. The Kier molecular flexibility index (Phi) is 6.35. The molecule has 0 aromatic rings. The number of carbonyl (C=O) groups excluding carboxylic acids is 1. The van der Waals surface area contributed by atoms with Gasteiger partial charge in [0.15, 0.2) is 0 Å². The topological polar surface area (TPSA) is 26.3 Å². The normalized spacial score (nSPS) is 28.5. The Bertz CT molecular complexity index is 357. The van der Waals surface area contributed by atoms with Crippen LogP contribution in [0.2, 0.25) is 17.6 Å². The highest BCUT2D eigenvalue weighted by Crippen LogP contribution is 2.41. The van der Waals surface area contributed by atoms with Crippen molar-refractivity contribution in [2.24, 2.45) is 5.92 Å². The molecule has 127 valence electrons. The smallest absolute Gasteiger partial charge is 0.456 e. The van der Waals surface area contributed by atoms with Crippen molar-refractivity contribution in [1.29, 1.82) is 0 Å². The van der Waals surface area contributed by atoms with E-state index in [1.807, 2.05) is 0 Å². The van der Waals surface area contributed by atoms with Crippen LogP contribution in [-0.4, -0.2) is 27.0 Å². The Morgan fingerprint density at radius 2 is 1.68 bits per heavy atom. The first-order valence-electron chi connectivity index (χ1n) is 8.52. The minimum Gasteiger partial charge on any atom is -0.456 e. The Balaban J connectivity index is 1.70. The molecule has 22 heavy (non-hydrogen) atoms. The molecule has 2 rings (SSSR count). The largest absolute Gasteiger partial charge is 0.490 e. The monoisotopic (exact) mass is 335 g/mol. The van der Waals surface area contributed by atoms with Gasteiger partial charge in [0.05, 0.1) is 8.80 Å². The van der Waals surface area contributed by atoms with Gasteiger partial charge < -0.3 is 4.74 Å². The molecule has 0 atom stereocenters. The van der Waals surface area contributed by atoms with Gasteiger partial charge in [-0.1, -0.05) is 44.7 Å². The van der Waals surface area contributed by atoms with E-state index in [0.29, 0.717) is 18.4 Å². The Hall–Kier alpha value is -0.523. The van der Waals surface area contributed by atoms with E-state index in [-0.39, 0.29) is 8.80 Å². The highest BCUT2D eigenvalue weighted by molar-refractivity contribution is 6.60. The highest BCUT2D eigenvalue weighted by atomic mass is 28.3. The molecule has 2 nitrogen and oxygen atoms in total. The van der Waals surface area contributed by atoms with Crippen LogP contribution < -0.4 is 0 Å². The van der Waals surface area contributed by atoms with Crippen LogP contribution in [-0.2, 0) is 9.53 Å². The molecule has 0 aromatic carbocycles. The molecule has 0 unspecified atom stereocenters. The van der Waals surface area contributed by atoms with Gasteiger partial charge in [0.1, 0.15) is 6.10 Å². The molecule has 0 N–H and O–H groups in total. The van der Waals surface area contributed by atoms with Gasteiger partial charge in [-0.3, -0.25) is 0 Å². The maximum Gasteiger partial charge on any atom is 0.490 e. The van der Waals surface area contributed by atoms with Crippen molar-refractivity contribution in [1.82, 2.24) is 0 Å². The van der Waals surface area contributed by atoms with Gasteiger partial charge in [-0.25, -0.2) is 4.79 Å². The zero-order valence-electron chi connectivity index (χ0n) is 13.3. The van der Waals surface area contributed by atoms with Gasteiger partial charge in [0, 0.05) is 0 Å². The average molecular weight is 335 g/mol. The molecule has 0 spiro atoms. The number of esters is 1. The summed E-state index contributed by atoms with van der Waals surface area (Å²) in [5, 5.41) is 0. The van der Waals surface area contributed by atoms with Crippen molar-refractivity contribution < 1.29 is 22.7 Å². The van der Waals surface area contributed by atoms with Crippen LogP contribution in [0.4, 0.5) is 13.2 Å². The third-order valence-corrected chi connectivity index (χ3v) is 8.79. The maximum absolute atomic E-state index is 12.2. The molecule has 2 aliphatic rings. The molecule has 0 bridgehead atoms. The first kappa shape index (κ1) is 17.8. The molecule has 1 saturated heterocycles. The second-order valence-corrected chi connectivity index (χ2v) is 9.90. The fourth-order valence-electron chi connectivity index (χ4n) is 3.96. The first-order chi connectivity index (χ1) is 10.4. The highest BCUT2D eigenvalue weighted by Gasteiger charge is 2.43. The molecule has 0 amide bonds. The van der Waals surface area contributed by atoms with Gasteiger partial charge in [-0.2, -0.15) is 13.2 Å². The van der Waals surface area contributed by atoms with Crippen LogP contribution in [0.3, 0.4) is 0 Å². The van der Waals surface area contributed by atoms with E-state index in [4.69, 9.17) is 0 Å². The van der Waals surface area contributed by atoms with Crippen molar-refractivity contribution in [3.8, 4) is 0 Å². The van der Waals surface area contributed by atoms with E-state index >= 15 is 0 Å². The summed E-state index contributed by atoms with van der Waals surface area (Å²) < 4.78 is 41.2. The molecule has 0 aromatic heterocycles. The summed E-state index contributed by atoms with van der Waals surface area (Å²) in [6, 6.07) is 2.74. The zero-order chi connectivity index (χ0) is 16.2.